The van der Waals surface area contributed by atoms with Crippen molar-refractivity contribution in [2.45, 2.75) is 42.2 Å². The van der Waals surface area contributed by atoms with E-state index in [1.807, 2.05) is 0 Å². The fourth-order valence-corrected chi connectivity index (χ4v) is 3.45. The minimum Gasteiger partial charge on any atom is -0.378 e. The van der Waals surface area contributed by atoms with Crippen LogP contribution in [0.5, 0.6) is 0 Å². The minimum absolute atomic E-state index is 0.860. The maximum Gasteiger partial charge on any atom is 0.0361 e. The van der Waals surface area contributed by atoms with Crippen LogP contribution < -0.4 is 4.90 Å². The van der Waals surface area contributed by atoms with Gasteiger partial charge in [-0.05, 0) is 37.1 Å². The Morgan fingerprint density at radius 1 is 1.00 bits per heavy atom. The third kappa shape index (κ3) is 3.18. The number of anilines is 1. The van der Waals surface area contributed by atoms with Gasteiger partial charge in [0.15, 0.2) is 0 Å². The van der Waals surface area contributed by atoms with Crippen LogP contribution in [0.3, 0.4) is 0 Å². The smallest absolute Gasteiger partial charge is 0.0361 e. The third-order valence-corrected chi connectivity index (χ3v) is 4.56. The van der Waals surface area contributed by atoms with E-state index in [-0.39, 0.29) is 0 Å². The number of hydrogen-bond acceptors (Lipinski definition) is 2. The van der Waals surface area contributed by atoms with E-state index in [9.17, 15) is 0 Å². The average Bonchev–Trinajstić information content (AvgIpc) is 2.31. The Hall–Kier alpha value is -0.630. The number of thioether (sulfide) groups is 1. The molecule has 1 fully saturated rings. The first-order valence-electron chi connectivity index (χ1n) is 6.20. The van der Waals surface area contributed by atoms with Gasteiger partial charge in [0.2, 0.25) is 0 Å². The molecule has 0 radical (unpaired) electrons. The monoisotopic (exact) mass is 235 g/mol. The predicted molar refractivity (Wildman–Crippen MR) is 73.5 cm³/mol. The van der Waals surface area contributed by atoms with Gasteiger partial charge >= 0.3 is 0 Å². The van der Waals surface area contributed by atoms with Crippen LogP contribution in [0.15, 0.2) is 29.2 Å². The van der Waals surface area contributed by atoms with Crippen LogP contribution in [0.4, 0.5) is 5.69 Å². The van der Waals surface area contributed by atoms with Crippen LogP contribution in [0.2, 0.25) is 0 Å². The lowest BCUT2D eigenvalue weighted by atomic mass is 10.0. The standard InChI is InChI=1S/C14H21NS/c1-15(2)12-8-10-14(11-9-12)16-13-6-4-3-5-7-13/h8-11,13H,3-7H2,1-2H3. The number of rotatable bonds is 3. The van der Waals surface area contributed by atoms with Gasteiger partial charge in [-0.1, -0.05) is 19.3 Å². The molecule has 88 valence electrons. The molecule has 0 amide bonds. The molecule has 0 spiro atoms. The molecule has 0 N–H and O–H groups in total. The van der Waals surface area contributed by atoms with Crippen molar-refractivity contribution >= 4 is 17.4 Å². The summed E-state index contributed by atoms with van der Waals surface area (Å²) in [5.74, 6) is 0. The highest BCUT2D eigenvalue weighted by atomic mass is 32.2. The molecule has 1 aliphatic rings. The number of nitrogens with zero attached hydrogens (tertiary/aromatic N) is 1. The molecular weight excluding hydrogens is 214 g/mol. The van der Waals surface area contributed by atoms with Crippen molar-refractivity contribution in [1.29, 1.82) is 0 Å². The van der Waals surface area contributed by atoms with Crippen molar-refractivity contribution in [1.82, 2.24) is 0 Å². The zero-order valence-corrected chi connectivity index (χ0v) is 11.1. The van der Waals surface area contributed by atoms with Crippen LogP contribution in [-0.2, 0) is 0 Å². The molecule has 0 aromatic heterocycles. The summed E-state index contributed by atoms with van der Waals surface area (Å²) in [6, 6.07) is 8.94. The maximum atomic E-state index is 2.26. The molecule has 2 heteroatoms. The maximum absolute atomic E-state index is 2.26. The second-order valence-corrected chi connectivity index (χ2v) is 6.14. The molecule has 1 aromatic rings. The lowest BCUT2D eigenvalue weighted by Crippen LogP contribution is -2.09. The molecule has 0 heterocycles. The molecule has 16 heavy (non-hydrogen) atoms. The Labute approximate surface area is 103 Å². The van der Waals surface area contributed by atoms with Gasteiger partial charge in [-0.3, -0.25) is 0 Å². The highest BCUT2D eigenvalue weighted by molar-refractivity contribution is 8.00. The van der Waals surface area contributed by atoms with E-state index in [1.54, 1.807) is 0 Å². The SMILES string of the molecule is CN(C)c1ccc(SC2CCCCC2)cc1. The van der Waals surface area contributed by atoms with Crippen LogP contribution in [0.25, 0.3) is 0 Å². The minimum atomic E-state index is 0.860. The van der Waals surface area contributed by atoms with Gasteiger partial charge in [0.05, 0.1) is 0 Å². The van der Waals surface area contributed by atoms with Crippen LogP contribution in [0.1, 0.15) is 32.1 Å². The molecule has 0 unspecified atom stereocenters. The first-order chi connectivity index (χ1) is 7.75. The van der Waals surface area contributed by atoms with Crippen molar-refractivity contribution in [3.8, 4) is 0 Å². The lowest BCUT2D eigenvalue weighted by Gasteiger charge is -2.21. The summed E-state index contributed by atoms with van der Waals surface area (Å²) in [5.41, 5.74) is 1.29. The van der Waals surface area contributed by atoms with Gasteiger partial charge in [-0.2, -0.15) is 0 Å². The quantitative estimate of drug-likeness (QED) is 0.773. The van der Waals surface area contributed by atoms with E-state index in [0.717, 1.165) is 5.25 Å². The summed E-state index contributed by atoms with van der Waals surface area (Å²) < 4.78 is 0. The van der Waals surface area contributed by atoms with E-state index in [2.05, 4.69) is 55.0 Å². The Bertz CT molecular complexity index is 312. The van der Waals surface area contributed by atoms with E-state index in [4.69, 9.17) is 0 Å². The second-order valence-electron chi connectivity index (χ2n) is 4.77. The largest absolute Gasteiger partial charge is 0.378 e. The Balaban J connectivity index is 1.93. The average molecular weight is 235 g/mol. The molecule has 0 aliphatic heterocycles. The van der Waals surface area contributed by atoms with Gasteiger partial charge in [0.25, 0.3) is 0 Å². The summed E-state index contributed by atoms with van der Waals surface area (Å²) in [5, 5.41) is 0.860. The van der Waals surface area contributed by atoms with Crippen molar-refractivity contribution in [2.75, 3.05) is 19.0 Å². The topological polar surface area (TPSA) is 3.24 Å². The summed E-state index contributed by atoms with van der Waals surface area (Å²) in [6.07, 6.45) is 7.09. The van der Waals surface area contributed by atoms with Crippen LogP contribution in [-0.4, -0.2) is 19.3 Å². The normalized spacial score (nSPS) is 17.4. The van der Waals surface area contributed by atoms with Crippen LogP contribution in [0, 0.1) is 0 Å². The zero-order chi connectivity index (χ0) is 11.4. The fourth-order valence-electron chi connectivity index (χ4n) is 2.20. The van der Waals surface area contributed by atoms with Crippen molar-refractivity contribution in [2.24, 2.45) is 0 Å². The van der Waals surface area contributed by atoms with Crippen molar-refractivity contribution in [3.05, 3.63) is 24.3 Å². The lowest BCUT2D eigenvalue weighted by molar-refractivity contribution is 0.516. The first-order valence-corrected chi connectivity index (χ1v) is 7.08. The first kappa shape index (κ1) is 11.8. The van der Waals surface area contributed by atoms with E-state index in [0.29, 0.717) is 0 Å². The summed E-state index contributed by atoms with van der Waals surface area (Å²) >= 11 is 2.07. The van der Waals surface area contributed by atoms with Gasteiger partial charge < -0.3 is 4.90 Å². The molecular formula is C14H21NS. The molecule has 1 aromatic carbocycles. The Kier molecular flexibility index (Phi) is 4.16. The van der Waals surface area contributed by atoms with Gasteiger partial charge in [0, 0.05) is 29.9 Å². The highest BCUT2D eigenvalue weighted by Gasteiger charge is 2.14. The number of hydrogen-bond donors (Lipinski definition) is 0. The summed E-state index contributed by atoms with van der Waals surface area (Å²) in [6.45, 7) is 0. The van der Waals surface area contributed by atoms with Gasteiger partial charge in [-0.25, -0.2) is 0 Å². The molecule has 1 saturated carbocycles. The third-order valence-electron chi connectivity index (χ3n) is 3.21. The molecule has 1 nitrogen and oxygen atoms in total. The molecule has 0 saturated heterocycles. The molecule has 1 aliphatic carbocycles. The van der Waals surface area contributed by atoms with Gasteiger partial charge in [-0.15, -0.1) is 11.8 Å². The molecule has 2 rings (SSSR count). The zero-order valence-electron chi connectivity index (χ0n) is 10.3. The Morgan fingerprint density at radius 3 is 2.19 bits per heavy atom. The van der Waals surface area contributed by atoms with E-state index < -0.39 is 0 Å². The number of benzene rings is 1. The molecule has 0 atom stereocenters. The van der Waals surface area contributed by atoms with Crippen molar-refractivity contribution in [3.63, 3.8) is 0 Å². The second kappa shape index (κ2) is 5.62. The Morgan fingerprint density at radius 2 is 1.62 bits per heavy atom. The molecule has 0 bridgehead atoms. The van der Waals surface area contributed by atoms with Gasteiger partial charge in [0.1, 0.15) is 0 Å². The van der Waals surface area contributed by atoms with Crippen molar-refractivity contribution < 1.29 is 0 Å². The summed E-state index contributed by atoms with van der Waals surface area (Å²) in [7, 11) is 4.17. The highest BCUT2D eigenvalue weighted by Crippen LogP contribution is 2.34. The summed E-state index contributed by atoms with van der Waals surface area (Å²) in [4.78, 5) is 3.58. The fraction of sp³-hybridized carbons (Fsp3) is 0.571. The predicted octanol–water partition coefficient (Wildman–Crippen LogP) is 4.18. The van der Waals surface area contributed by atoms with E-state index in [1.165, 1.54) is 42.7 Å². The van der Waals surface area contributed by atoms with Crippen LogP contribution >= 0.6 is 11.8 Å². The van der Waals surface area contributed by atoms with E-state index >= 15 is 0 Å².